The summed E-state index contributed by atoms with van der Waals surface area (Å²) in [5.41, 5.74) is 1.31. The minimum absolute atomic E-state index is 0.0461. The first-order valence-electron chi connectivity index (χ1n) is 9.65. The number of hydrogen-bond donors (Lipinski definition) is 1. The number of rotatable bonds is 4. The van der Waals surface area contributed by atoms with E-state index in [0.29, 0.717) is 12.0 Å². The highest BCUT2D eigenvalue weighted by Crippen LogP contribution is 2.42. The first-order valence-corrected chi connectivity index (χ1v) is 9.65. The molecule has 2 aliphatic carbocycles. The smallest absolute Gasteiger partial charge is 0.318 e. The molecule has 3 aliphatic rings. The summed E-state index contributed by atoms with van der Waals surface area (Å²) in [5.74, 6) is 2.46. The average Bonchev–Trinajstić information content (AvgIpc) is 3.09. The van der Waals surface area contributed by atoms with Crippen LogP contribution in [0.4, 0.5) is 4.79 Å². The molecule has 0 bridgehead atoms. The van der Waals surface area contributed by atoms with Crippen LogP contribution in [0.3, 0.4) is 0 Å². The number of hydrogen-bond acceptors (Lipinski definition) is 3. The molecule has 2 amide bonds. The monoisotopic (exact) mass is 346 g/mol. The van der Waals surface area contributed by atoms with Crippen LogP contribution >= 0.6 is 0 Å². The second-order valence-electron chi connectivity index (χ2n) is 8.90. The molecule has 1 aliphatic heterocycles. The second-order valence-corrected chi connectivity index (χ2v) is 8.90. The highest BCUT2D eigenvalue weighted by Gasteiger charge is 2.39. The molecule has 1 saturated heterocycles. The highest BCUT2D eigenvalue weighted by atomic mass is 16.5. The lowest BCUT2D eigenvalue weighted by Gasteiger charge is -2.36. The maximum absolute atomic E-state index is 13.1. The van der Waals surface area contributed by atoms with Gasteiger partial charge < -0.3 is 19.4 Å². The molecule has 5 heteroatoms. The molecule has 2 atom stereocenters. The number of nitrogens with one attached hydrogen (secondary N) is 1. The summed E-state index contributed by atoms with van der Waals surface area (Å²) in [4.78, 5) is 15.1. The SMILES string of the molecule is Cc1cc2c(o1)CC(C)(C)C[C@H]2NC(=O)N(C[C@H]1CCOC1)C1CC1. The fourth-order valence-electron chi connectivity index (χ4n) is 4.33. The number of fused-ring (bicyclic) bond motifs is 1. The molecule has 1 saturated carbocycles. The predicted molar refractivity (Wildman–Crippen MR) is 95.5 cm³/mol. The first-order chi connectivity index (χ1) is 11.9. The maximum Gasteiger partial charge on any atom is 0.318 e. The van der Waals surface area contributed by atoms with Crippen LogP contribution in [0.5, 0.6) is 0 Å². The Morgan fingerprint density at radius 2 is 2.16 bits per heavy atom. The van der Waals surface area contributed by atoms with E-state index in [0.717, 1.165) is 63.4 Å². The van der Waals surface area contributed by atoms with Crippen LogP contribution in [0.25, 0.3) is 0 Å². The minimum atomic E-state index is 0.0461. The Labute approximate surface area is 150 Å². The third-order valence-corrected chi connectivity index (χ3v) is 5.76. The van der Waals surface area contributed by atoms with Gasteiger partial charge in [-0.2, -0.15) is 0 Å². The Morgan fingerprint density at radius 1 is 1.36 bits per heavy atom. The zero-order valence-electron chi connectivity index (χ0n) is 15.6. The van der Waals surface area contributed by atoms with Gasteiger partial charge in [0.25, 0.3) is 0 Å². The topological polar surface area (TPSA) is 54.7 Å². The van der Waals surface area contributed by atoms with Crippen LogP contribution in [-0.4, -0.2) is 36.7 Å². The van der Waals surface area contributed by atoms with Crippen molar-refractivity contribution in [3.05, 3.63) is 23.2 Å². The van der Waals surface area contributed by atoms with Gasteiger partial charge in [0.2, 0.25) is 0 Å². The standard InChI is InChI=1S/C20H30N2O3/c1-13-8-16-17(9-20(2,3)10-18(16)25-13)21-19(23)22(15-4-5-15)11-14-6-7-24-12-14/h8,14-15,17H,4-7,9-12H2,1-3H3,(H,21,23)/t14-,17-/m1/s1. The summed E-state index contributed by atoms with van der Waals surface area (Å²) in [6.45, 7) is 8.94. The molecular weight excluding hydrogens is 316 g/mol. The van der Waals surface area contributed by atoms with Crippen molar-refractivity contribution in [2.24, 2.45) is 11.3 Å². The van der Waals surface area contributed by atoms with Gasteiger partial charge in [-0.05, 0) is 44.1 Å². The summed E-state index contributed by atoms with van der Waals surface area (Å²) in [7, 11) is 0. The normalized spacial score (nSPS) is 27.8. The Morgan fingerprint density at radius 3 is 2.84 bits per heavy atom. The van der Waals surface area contributed by atoms with Crippen molar-refractivity contribution in [2.75, 3.05) is 19.8 Å². The fraction of sp³-hybridized carbons (Fsp3) is 0.750. The largest absolute Gasteiger partial charge is 0.466 e. The molecule has 4 rings (SSSR count). The minimum Gasteiger partial charge on any atom is -0.466 e. The quantitative estimate of drug-likeness (QED) is 0.902. The van der Waals surface area contributed by atoms with E-state index in [1.807, 2.05) is 6.92 Å². The third kappa shape index (κ3) is 3.71. The average molecular weight is 346 g/mol. The van der Waals surface area contributed by atoms with Gasteiger partial charge in [0.1, 0.15) is 11.5 Å². The predicted octanol–water partition coefficient (Wildman–Crippen LogP) is 3.81. The molecule has 1 aromatic rings. The van der Waals surface area contributed by atoms with Gasteiger partial charge in [0.05, 0.1) is 12.6 Å². The van der Waals surface area contributed by atoms with Crippen LogP contribution in [0.2, 0.25) is 0 Å². The summed E-state index contributed by atoms with van der Waals surface area (Å²) >= 11 is 0. The Balaban J connectivity index is 1.48. The van der Waals surface area contributed by atoms with Crippen molar-refractivity contribution in [3.8, 4) is 0 Å². The van der Waals surface area contributed by atoms with Gasteiger partial charge in [-0.1, -0.05) is 13.8 Å². The molecule has 2 fully saturated rings. The zero-order chi connectivity index (χ0) is 17.6. The lowest BCUT2D eigenvalue weighted by atomic mass is 9.75. The van der Waals surface area contributed by atoms with Crippen LogP contribution in [0, 0.1) is 18.3 Å². The zero-order valence-corrected chi connectivity index (χ0v) is 15.6. The van der Waals surface area contributed by atoms with E-state index in [1.165, 1.54) is 5.56 Å². The molecule has 5 nitrogen and oxygen atoms in total. The number of amides is 2. The van der Waals surface area contributed by atoms with E-state index in [1.54, 1.807) is 0 Å². The Hall–Kier alpha value is -1.49. The molecule has 1 N–H and O–H groups in total. The molecule has 0 unspecified atom stereocenters. The first kappa shape index (κ1) is 17.0. The summed E-state index contributed by atoms with van der Waals surface area (Å²) < 4.78 is 11.4. The molecule has 138 valence electrons. The maximum atomic E-state index is 13.1. The molecule has 2 heterocycles. The van der Waals surface area contributed by atoms with E-state index < -0.39 is 0 Å². The summed E-state index contributed by atoms with van der Waals surface area (Å²) in [6, 6.07) is 2.65. The third-order valence-electron chi connectivity index (χ3n) is 5.76. The molecule has 1 aromatic heterocycles. The van der Waals surface area contributed by atoms with E-state index in [2.05, 4.69) is 30.1 Å². The Kier molecular flexibility index (Phi) is 4.30. The molecule has 25 heavy (non-hydrogen) atoms. The highest BCUT2D eigenvalue weighted by molar-refractivity contribution is 5.75. The van der Waals surface area contributed by atoms with Crippen LogP contribution < -0.4 is 5.32 Å². The number of carbonyl (C=O) groups is 1. The van der Waals surface area contributed by atoms with Gasteiger partial charge in [0, 0.05) is 37.1 Å². The van der Waals surface area contributed by atoms with Gasteiger partial charge in [-0.25, -0.2) is 4.79 Å². The number of aryl methyl sites for hydroxylation is 1. The number of carbonyl (C=O) groups excluding carboxylic acids is 1. The van der Waals surface area contributed by atoms with Crippen molar-refractivity contribution in [1.82, 2.24) is 10.2 Å². The van der Waals surface area contributed by atoms with Crippen LogP contribution in [0.1, 0.15) is 62.7 Å². The van der Waals surface area contributed by atoms with Crippen molar-refractivity contribution < 1.29 is 13.9 Å². The van der Waals surface area contributed by atoms with Crippen molar-refractivity contribution in [1.29, 1.82) is 0 Å². The molecule has 0 radical (unpaired) electrons. The van der Waals surface area contributed by atoms with Crippen molar-refractivity contribution >= 4 is 6.03 Å². The fourth-order valence-corrected chi connectivity index (χ4v) is 4.33. The Bertz CT molecular complexity index is 641. The molecular formula is C20H30N2O3. The van der Waals surface area contributed by atoms with E-state index in [9.17, 15) is 4.79 Å². The van der Waals surface area contributed by atoms with Crippen LogP contribution in [-0.2, 0) is 11.2 Å². The summed E-state index contributed by atoms with van der Waals surface area (Å²) in [6.07, 6.45) is 5.22. The van der Waals surface area contributed by atoms with Crippen molar-refractivity contribution in [3.63, 3.8) is 0 Å². The van der Waals surface area contributed by atoms with E-state index in [4.69, 9.17) is 9.15 Å². The number of urea groups is 1. The number of ether oxygens (including phenoxy) is 1. The van der Waals surface area contributed by atoms with E-state index >= 15 is 0 Å². The number of furan rings is 1. The van der Waals surface area contributed by atoms with Gasteiger partial charge in [0.15, 0.2) is 0 Å². The van der Waals surface area contributed by atoms with Crippen LogP contribution in [0.15, 0.2) is 10.5 Å². The second kappa shape index (κ2) is 6.35. The van der Waals surface area contributed by atoms with Gasteiger partial charge >= 0.3 is 6.03 Å². The lowest BCUT2D eigenvalue weighted by Crippen LogP contribution is -2.46. The number of nitrogens with zero attached hydrogens (tertiary/aromatic N) is 1. The molecule has 0 spiro atoms. The van der Waals surface area contributed by atoms with Gasteiger partial charge in [-0.3, -0.25) is 0 Å². The van der Waals surface area contributed by atoms with Gasteiger partial charge in [-0.15, -0.1) is 0 Å². The van der Waals surface area contributed by atoms with E-state index in [-0.39, 0.29) is 17.5 Å². The lowest BCUT2D eigenvalue weighted by molar-refractivity contribution is 0.156. The molecule has 0 aromatic carbocycles. The summed E-state index contributed by atoms with van der Waals surface area (Å²) in [5, 5.41) is 3.33. The van der Waals surface area contributed by atoms with Crippen molar-refractivity contribution in [2.45, 2.75) is 65.0 Å².